The van der Waals surface area contributed by atoms with Crippen LogP contribution in [0.2, 0.25) is 0 Å². The Hall–Kier alpha value is -3.76. The average molecular weight is 442 g/mol. The van der Waals surface area contributed by atoms with Crippen molar-refractivity contribution >= 4 is 5.84 Å². The Morgan fingerprint density at radius 3 is 2.67 bits per heavy atom. The van der Waals surface area contributed by atoms with Crippen LogP contribution in [0.15, 0.2) is 53.8 Å². The number of rotatable bonds is 1. The van der Waals surface area contributed by atoms with Gasteiger partial charge in [0.15, 0.2) is 0 Å². The zero-order chi connectivity index (χ0) is 23.2. The van der Waals surface area contributed by atoms with Gasteiger partial charge in [0, 0.05) is 46.1 Å². The fraction of sp³-hybridized carbons (Fsp3) is 0.269. The number of ether oxygens (including phenoxy) is 2. The van der Waals surface area contributed by atoms with Crippen LogP contribution in [0.25, 0.3) is 11.1 Å². The van der Waals surface area contributed by atoms with Crippen molar-refractivity contribution in [2.45, 2.75) is 26.3 Å². The van der Waals surface area contributed by atoms with Crippen molar-refractivity contribution in [1.29, 1.82) is 0 Å². The first kappa shape index (κ1) is 21.1. The van der Waals surface area contributed by atoms with Gasteiger partial charge >= 0.3 is 0 Å². The summed E-state index contributed by atoms with van der Waals surface area (Å²) in [5.41, 5.74) is 8.79. The van der Waals surface area contributed by atoms with Crippen molar-refractivity contribution in [2.75, 3.05) is 13.2 Å². The Morgan fingerprint density at radius 2 is 1.91 bits per heavy atom. The van der Waals surface area contributed by atoms with Gasteiger partial charge in [-0.05, 0) is 56.7 Å². The van der Waals surface area contributed by atoms with Crippen LogP contribution in [-0.2, 0) is 10.3 Å². The molecule has 4 heterocycles. The van der Waals surface area contributed by atoms with E-state index < -0.39 is 11.5 Å². The van der Waals surface area contributed by atoms with E-state index in [0.29, 0.717) is 34.2 Å². The first-order chi connectivity index (χ1) is 15.7. The summed E-state index contributed by atoms with van der Waals surface area (Å²) < 4.78 is 25.8. The van der Waals surface area contributed by atoms with E-state index in [1.54, 1.807) is 12.3 Å². The zero-order valence-corrected chi connectivity index (χ0v) is 18.6. The Bertz CT molecular complexity index is 1350. The van der Waals surface area contributed by atoms with Crippen LogP contribution in [0.4, 0.5) is 4.39 Å². The minimum Gasteiger partial charge on any atom is -0.438 e. The normalized spacial score (nSPS) is 19.0. The van der Waals surface area contributed by atoms with Crippen molar-refractivity contribution < 1.29 is 13.9 Å². The molecule has 0 aliphatic carbocycles. The second-order valence-corrected chi connectivity index (χ2v) is 9.21. The molecule has 2 aromatic heterocycles. The molecule has 0 radical (unpaired) electrons. The van der Waals surface area contributed by atoms with Crippen LogP contribution >= 0.6 is 0 Å². The first-order valence-electron chi connectivity index (χ1n) is 10.6. The van der Waals surface area contributed by atoms with Gasteiger partial charge in [-0.2, -0.15) is 4.39 Å². The molecule has 2 N–H and O–H groups in total. The number of fused-ring (bicyclic) bond motifs is 4. The maximum absolute atomic E-state index is 13.8. The average Bonchev–Trinajstić information content (AvgIpc) is 2.77. The fourth-order valence-corrected chi connectivity index (χ4v) is 3.99. The second kappa shape index (κ2) is 7.68. The van der Waals surface area contributed by atoms with Gasteiger partial charge in [-0.1, -0.05) is 11.8 Å². The number of nitrogens with zero attached hydrogens (tertiary/aromatic N) is 3. The van der Waals surface area contributed by atoms with Gasteiger partial charge in [0.1, 0.15) is 23.7 Å². The second-order valence-electron chi connectivity index (χ2n) is 9.21. The Balaban J connectivity index is 1.71. The molecule has 0 fully saturated rings. The summed E-state index contributed by atoms with van der Waals surface area (Å²) in [5.74, 6) is 7.37. The summed E-state index contributed by atoms with van der Waals surface area (Å²) in [6.07, 6.45) is 3.07. The molecule has 6 nitrogen and oxygen atoms in total. The molecule has 33 heavy (non-hydrogen) atoms. The Kier molecular flexibility index (Phi) is 4.91. The largest absolute Gasteiger partial charge is 0.438 e. The van der Waals surface area contributed by atoms with E-state index >= 15 is 0 Å². The van der Waals surface area contributed by atoms with Crippen LogP contribution < -0.4 is 10.5 Å². The quantitative estimate of drug-likeness (QED) is 0.446. The van der Waals surface area contributed by atoms with E-state index in [4.69, 9.17) is 20.2 Å². The Morgan fingerprint density at radius 1 is 1.06 bits per heavy atom. The zero-order valence-electron chi connectivity index (χ0n) is 18.6. The minimum absolute atomic E-state index is 0.133. The molecule has 7 heteroatoms. The van der Waals surface area contributed by atoms with E-state index in [0.717, 1.165) is 11.1 Å². The minimum atomic E-state index is -0.945. The summed E-state index contributed by atoms with van der Waals surface area (Å²) in [5, 5.41) is 0. The molecule has 2 aliphatic rings. The van der Waals surface area contributed by atoms with E-state index in [1.165, 1.54) is 12.3 Å². The number of pyridine rings is 2. The molecule has 1 aromatic carbocycles. The summed E-state index contributed by atoms with van der Waals surface area (Å²) in [7, 11) is 0. The highest BCUT2D eigenvalue weighted by atomic mass is 19.1. The van der Waals surface area contributed by atoms with Crippen molar-refractivity contribution in [3.05, 3.63) is 71.4 Å². The lowest BCUT2D eigenvalue weighted by Gasteiger charge is -2.39. The van der Waals surface area contributed by atoms with Crippen LogP contribution in [-0.4, -0.2) is 29.0 Å². The van der Waals surface area contributed by atoms with Gasteiger partial charge in [-0.25, -0.2) is 9.97 Å². The molecular weight excluding hydrogens is 419 g/mol. The molecule has 3 aromatic rings. The highest BCUT2D eigenvalue weighted by Crippen LogP contribution is 2.50. The van der Waals surface area contributed by atoms with Crippen LogP contribution in [0, 0.1) is 23.2 Å². The molecule has 166 valence electrons. The number of aliphatic imine (C=N–C) groups is 1. The third kappa shape index (κ3) is 3.94. The SMILES string of the molecule is CC(C)(C)C#Cc1ccc2c(c1)C1(COCC(N)=N1)c1cc(-c3ccnc(F)c3)cnc1O2. The molecule has 1 unspecified atom stereocenters. The molecule has 5 rings (SSSR count). The number of hydrogen-bond acceptors (Lipinski definition) is 6. The van der Waals surface area contributed by atoms with Gasteiger partial charge in [-0.3, -0.25) is 4.99 Å². The van der Waals surface area contributed by atoms with Crippen molar-refractivity contribution in [3.63, 3.8) is 0 Å². The molecular formula is C26H23FN4O2. The number of hydrogen-bond donors (Lipinski definition) is 1. The van der Waals surface area contributed by atoms with Gasteiger partial charge < -0.3 is 15.2 Å². The van der Waals surface area contributed by atoms with Crippen LogP contribution in [0.3, 0.4) is 0 Å². The van der Waals surface area contributed by atoms with Gasteiger partial charge in [-0.15, -0.1) is 0 Å². The summed E-state index contributed by atoms with van der Waals surface area (Å²) in [4.78, 5) is 13.0. The van der Waals surface area contributed by atoms with E-state index in [2.05, 4.69) is 42.6 Å². The molecule has 0 bridgehead atoms. The van der Waals surface area contributed by atoms with E-state index in [1.807, 2.05) is 24.3 Å². The predicted octanol–water partition coefficient (Wildman–Crippen LogP) is 4.42. The predicted molar refractivity (Wildman–Crippen MR) is 123 cm³/mol. The number of aromatic nitrogens is 2. The Labute approximate surface area is 191 Å². The molecule has 0 saturated heterocycles. The van der Waals surface area contributed by atoms with Crippen LogP contribution in [0.1, 0.15) is 37.5 Å². The molecule has 2 aliphatic heterocycles. The monoisotopic (exact) mass is 442 g/mol. The van der Waals surface area contributed by atoms with E-state index in [9.17, 15) is 4.39 Å². The highest BCUT2D eigenvalue weighted by Gasteiger charge is 2.45. The third-order valence-electron chi connectivity index (χ3n) is 5.47. The third-order valence-corrected chi connectivity index (χ3v) is 5.47. The number of amidine groups is 1. The number of benzene rings is 1. The molecule has 1 spiro atoms. The standard InChI is InChI=1S/C26H23FN4O2/c1-25(2,3)8-6-16-4-5-21-19(10-16)26(15-32-14-23(28)31-26)20-11-18(13-30-24(20)33-21)17-7-9-29-22(27)12-17/h4-5,7,9-13H,14-15H2,1-3H3,(H2,28,31). The topological polar surface area (TPSA) is 82.6 Å². The van der Waals surface area contributed by atoms with Crippen molar-refractivity contribution in [1.82, 2.24) is 9.97 Å². The lowest BCUT2D eigenvalue weighted by Crippen LogP contribution is -2.42. The lowest BCUT2D eigenvalue weighted by molar-refractivity contribution is 0.109. The van der Waals surface area contributed by atoms with Gasteiger partial charge in [0.2, 0.25) is 11.8 Å². The summed E-state index contributed by atoms with van der Waals surface area (Å²) >= 11 is 0. The maximum atomic E-state index is 13.8. The smallest absolute Gasteiger partial charge is 0.225 e. The van der Waals surface area contributed by atoms with Gasteiger partial charge in [0.05, 0.1) is 6.61 Å². The fourth-order valence-electron chi connectivity index (χ4n) is 3.99. The molecule has 0 amide bonds. The highest BCUT2D eigenvalue weighted by molar-refractivity contribution is 5.84. The van der Waals surface area contributed by atoms with Gasteiger partial charge in [0.25, 0.3) is 0 Å². The molecule has 1 atom stereocenters. The molecule has 0 saturated carbocycles. The number of halogens is 1. The number of nitrogens with two attached hydrogens (primary N) is 1. The first-order valence-corrected chi connectivity index (χ1v) is 10.6. The van der Waals surface area contributed by atoms with E-state index in [-0.39, 0.29) is 18.6 Å². The summed E-state index contributed by atoms with van der Waals surface area (Å²) in [6.45, 7) is 6.71. The van der Waals surface area contributed by atoms with Crippen molar-refractivity contribution in [3.8, 4) is 34.6 Å². The lowest BCUT2D eigenvalue weighted by atomic mass is 9.80. The maximum Gasteiger partial charge on any atom is 0.225 e. The van der Waals surface area contributed by atoms with Crippen molar-refractivity contribution in [2.24, 2.45) is 16.1 Å². The summed E-state index contributed by atoms with van der Waals surface area (Å²) in [6, 6.07) is 10.8. The van der Waals surface area contributed by atoms with Crippen LogP contribution in [0.5, 0.6) is 11.6 Å².